The molecular formula is C11H21N3O. The lowest BCUT2D eigenvalue weighted by Gasteiger charge is -2.16. The molecule has 2 unspecified atom stereocenters. The molecule has 2 N–H and O–H groups in total. The number of nitrogens with two attached hydrogens (primary N) is 1. The molecule has 0 fully saturated rings. The van der Waals surface area contributed by atoms with Gasteiger partial charge in [0.1, 0.15) is 0 Å². The molecule has 4 heteroatoms. The summed E-state index contributed by atoms with van der Waals surface area (Å²) >= 11 is 0. The molecule has 0 aliphatic carbocycles. The summed E-state index contributed by atoms with van der Waals surface area (Å²) in [7, 11) is 0. The highest BCUT2D eigenvalue weighted by molar-refractivity contribution is 5.01. The molecule has 0 aliphatic rings. The van der Waals surface area contributed by atoms with E-state index in [-0.39, 0.29) is 0 Å². The van der Waals surface area contributed by atoms with Crippen molar-refractivity contribution in [2.75, 3.05) is 0 Å². The zero-order valence-corrected chi connectivity index (χ0v) is 10.1. The first-order valence-corrected chi connectivity index (χ1v) is 5.61. The molecule has 1 heterocycles. The third kappa shape index (κ3) is 3.02. The van der Waals surface area contributed by atoms with Crippen LogP contribution < -0.4 is 5.73 Å². The van der Waals surface area contributed by atoms with E-state index in [0.717, 1.165) is 19.3 Å². The molecule has 0 spiro atoms. The highest BCUT2D eigenvalue weighted by atomic mass is 16.5. The monoisotopic (exact) mass is 211 g/mol. The predicted octanol–water partition coefficient (Wildman–Crippen LogP) is 2.24. The largest absolute Gasteiger partial charge is 0.339 e. The standard InChI is InChI=1S/C11H21N3O/c1-5-8(3)7-9-13-10(14-15-9)11(4,12)6-2/h8H,5-7,12H2,1-4H3. The van der Waals surface area contributed by atoms with E-state index < -0.39 is 5.54 Å². The first-order valence-electron chi connectivity index (χ1n) is 5.61. The molecule has 1 rings (SSSR count). The highest BCUT2D eigenvalue weighted by Crippen LogP contribution is 2.19. The number of aromatic nitrogens is 2. The van der Waals surface area contributed by atoms with Gasteiger partial charge in [-0.05, 0) is 19.3 Å². The van der Waals surface area contributed by atoms with Crippen LogP contribution in [-0.4, -0.2) is 10.1 Å². The Labute approximate surface area is 91.2 Å². The Morgan fingerprint density at radius 3 is 2.67 bits per heavy atom. The van der Waals surface area contributed by atoms with E-state index in [1.54, 1.807) is 0 Å². The molecule has 0 saturated carbocycles. The van der Waals surface area contributed by atoms with Gasteiger partial charge in [-0.25, -0.2) is 0 Å². The van der Waals surface area contributed by atoms with Crippen LogP contribution >= 0.6 is 0 Å². The van der Waals surface area contributed by atoms with Gasteiger partial charge < -0.3 is 10.3 Å². The zero-order valence-electron chi connectivity index (χ0n) is 10.1. The Morgan fingerprint density at radius 2 is 2.13 bits per heavy atom. The van der Waals surface area contributed by atoms with Crippen LogP contribution in [0, 0.1) is 5.92 Å². The average Bonchev–Trinajstić information content (AvgIpc) is 2.66. The van der Waals surface area contributed by atoms with E-state index in [1.807, 2.05) is 13.8 Å². The van der Waals surface area contributed by atoms with Crippen LogP contribution in [0.4, 0.5) is 0 Å². The van der Waals surface area contributed by atoms with E-state index in [2.05, 4.69) is 24.0 Å². The van der Waals surface area contributed by atoms with Gasteiger partial charge in [0.25, 0.3) is 0 Å². The van der Waals surface area contributed by atoms with Crippen molar-refractivity contribution in [3.8, 4) is 0 Å². The topological polar surface area (TPSA) is 64.9 Å². The summed E-state index contributed by atoms with van der Waals surface area (Å²) in [6, 6.07) is 0. The fourth-order valence-corrected chi connectivity index (χ4v) is 1.17. The van der Waals surface area contributed by atoms with Gasteiger partial charge in [-0.3, -0.25) is 0 Å². The van der Waals surface area contributed by atoms with Gasteiger partial charge in [-0.1, -0.05) is 32.3 Å². The van der Waals surface area contributed by atoms with Crippen molar-refractivity contribution in [1.29, 1.82) is 0 Å². The smallest absolute Gasteiger partial charge is 0.226 e. The quantitative estimate of drug-likeness (QED) is 0.811. The minimum Gasteiger partial charge on any atom is -0.339 e. The molecule has 4 nitrogen and oxygen atoms in total. The summed E-state index contributed by atoms with van der Waals surface area (Å²) in [5, 5.41) is 3.93. The summed E-state index contributed by atoms with van der Waals surface area (Å²) < 4.78 is 5.18. The summed E-state index contributed by atoms with van der Waals surface area (Å²) in [6.07, 6.45) is 2.75. The molecule has 2 atom stereocenters. The predicted molar refractivity (Wildman–Crippen MR) is 59.3 cm³/mol. The third-order valence-corrected chi connectivity index (χ3v) is 2.93. The minimum absolute atomic E-state index is 0.475. The SMILES string of the molecule is CCC(C)Cc1nc(C(C)(N)CC)no1. The van der Waals surface area contributed by atoms with Crippen molar-refractivity contribution in [3.05, 3.63) is 11.7 Å². The number of rotatable bonds is 5. The van der Waals surface area contributed by atoms with Gasteiger partial charge in [-0.2, -0.15) is 4.98 Å². The molecule has 86 valence electrons. The highest BCUT2D eigenvalue weighted by Gasteiger charge is 2.25. The third-order valence-electron chi connectivity index (χ3n) is 2.93. The van der Waals surface area contributed by atoms with Crippen molar-refractivity contribution < 1.29 is 4.52 Å². The normalized spacial score (nSPS) is 17.4. The second-order valence-corrected chi connectivity index (χ2v) is 4.50. The maximum atomic E-state index is 6.03. The molecule has 0 aromatic carbocycles. The van der Waals surface area contributed by atoms with Gasteiger partial charge in [-0.15, -0.1) is 0 Å². The van der Waals surface area contributed by atoms with Crippen molar-refractivity contribution in [2.24, 2.45) is 11.7 Å². The fraction of sp³-hybridized carbons (Fsp3) is 0.818. The lowest BCUT2D eigenvalue weighted by molar-refractivity contribution is 0.338. The Morgan fingerprint density at radius 1 is 1.47 bits per heavy atom. The molecule has 0 radical (unpaired) electrons. The minimum atomic E-state index is -0.475. The molecule has 15 heavy (non-hydrogen) atoms. The molecule has 0 bridgehead atoms. The van der Waals surface area contributed by atoms with E-state index >= 15 is 0 Å². The molecule has 0 amide bonds. The van der Waals surface area contributed by atoms with Gasteiger partial charge >= 0.3 is 0 Å². The van der Waals surface area contributed by atoms with E-state index in [4.69, 9.17) is 10.3 Å². The maximum Gasteiger partial charge on any atom is 0.226 e. The number of nitrogens with zero attached hydrogens (tertiary/aromatic N) is 2. The van der Waals surface area contributed by atoms with Crippen LogP contribution in [0.5, 0.6) is 0 Å². The van der Waals surface area contributed by atoms with Crippen LogP contribution in [0.15, 0.2) is 4.52 Å². The van der Waals surface area contributed by atoms with Crippen molar-refractivity contribution in [1.82, 2.24) is 10.1 Å². The van der Waals surface area contributed by atoms with Crippen molar-refractivity contribution in [2.45, 2.75) is 52.5 Å². The van der Waals surface area contributed by atoms with Gasteiger partial charge in [0.15, 0.2) is 5.82 Å². The van der Waals surface area contributed by atoms with Crippen LogP contribution in [0.3, 0.4) is 0 Å². The average molecular weight is 211 g/mol. The number of hydrogen-bond donors (Lipinski definition) is 1. The summed E-state index contributed by atoms with van der Waals surface area (Å²) in [5.41, 5.74) is 5.55. The Balaban J connectivity index is 2.72. The van der Waals surface area contributed by atoms with E-state index in [9.17, 15) is 0 Å². The van der Waals surface area contributed by atoms with Crippen LogP contribution in [0.2, 0.25) is 0 Å². The van der Waals surface area contributed by atoms with E-state index in [0.29, 0.717) is 17.6 Å². The van der Waals surface area contributed by atoms with Crippen LogP contribution in [0.1, 0.15) is 52.3 Å². The van der Waals surface area contributed by atoms with Crippen LogP contribution in [-0.2, 0) is 12.0 Å². The maximum absolute atomic E-state index is 6.03. The fourth-order valence-electron chi connectivity index (χ4n) is 1.17. The van der Waals surface area contributed by atoms with E-state index in [1.165, 1.54) is 0 Å². The first-order chi connectivity index (χ1) is 6.99. The Hall–Kier alpha value is -0.900. The summed E-state index contributed by atoms with van der Waals surface area (Å²) in [5.74, 6) is 1.89. The lowest BCUT2D eigenvalue weighted by atomic mass is 10.00. The zero-order chi connectivity index (χ0) is 11.5. The van der Waals surface area contributed by atoms with Gasteiger partial charge in [0, 0.05) is 6.42 Å². The number of hydrogen-bond acceptors (Lipinski definition) is 4. The summed E-state index contributed by atoms with van der Waals surface area (Å²) in [4.78, 5) is 4.34. The second kappa shape index (κ2) is 4.75. The van der Waals surface area contributed by atoms with Crippen molar-refractivity contribution in [3.63, 3.8) is 0 Å². The molecule has 1 aromatic rings. The molecule has 1 aromatic heterocycles. The van der Waals surface area contributed by atoms with Gasteiger partial charge in [0.2, 0.25) is 5.89 Å². The molecule has 0 aliphatic heterocycles. The molecule has 0 saturated heterocycles. The Bertz CT molecular complexity index is 307. The van der Waals surface area contributed by atoms with Gasteiger partial charge in [0.05, 0.1) is 5.54 Å². The lowest BCUT2D eigenvalue weighted by Crippen LogP contribution is -2.33. The van der Waals surface area contributed by atoms with Crippen molar-refractivity contribution >= 4 is 0 Å². The first kappa shape index (κ1) is 12.2. The summed E-state index contributed by atoms with van der Waals surface area (Å²) in [6.45, 7) is 8.27. The van der Waals surface area contributed by atoms with Crippen LogP contribution in [0.25, 0.3) is 0 Å². The Kier molecular flexibility index (Phi) is 3.85. The second-order valence-electron chi connectivity index (χ2n) is 4.50. The molecular weight excluding hydrogens is 190 g/mol.